The maximum absolute atomic E-state index is 5.55. The van der Waals surface area contributed by atoms with E-state index in [1.807, 2.05) is 6.07 Å². The molecule has 2 nitrogen and oxygen atoms in total. The van der Waals surface area contributed by atoms with Crippen LogP contribution >= 0.6 is 0 Å². The van der Waals surface area contributed by atoms with Crippen LogP contribution in [0.4, 0.5) is 0 Å². The van der Waals surface area contributed by atoms with Gasteiger partial charge < -0.3 is 10.6 Å². The molecule has 1 rings (SSSR count). The molecule has 0 aliphatic carbocycles. The fourth-order valence-corrected chi connectivity index (χ4v) is 1.37. The average molecular weight is 190 g/mol. The summed E-state index contributed by atoms with van der Waals surface area (Å²) < 4.78 is 0. The Bertz CT molecular complexity index is 316. The van der Waals surface area contributed by atoms with Crippen molar-refractivity contribution in [2.75, 3.05) is 20.6 Å². The van der Waals surface area contributed by atoms with Crippen molar-refractivity contribution < 1.29 is 0 Å². The highest BCUT2D eigenvalue weighted by Crippen LogP contribution is 2.13. The van der Waals surface area contributed by atoms with Crippen molar-refractivity contribution in [1.29, 1.82) is 0 Å². The first-order valence-corrected chi connectivity index (χ1v) is 4.75. The lowest BCUT2D eigenvalue weighted by Crippen LogP contribution is -2.11. The van der Waals surface area contributed by atoms with E-state index in [1.54, 1.807) is 0 Å². The first kappa shape index (κ1) is 11.0. The van der Waals surface area contributed by atoms with Crippen molar-refractivity contribution in [3.05, 3.63) is 42.0 Å². The summed E-state index contributed by atoms with van der Waals surface area (Å²) in [7, 11) is 4.12. The highest BCUT2D eigenvalue weighted by molar-refractivity contribution is 5.64. The van der Waals surface area contributed by atoms with E-state index < -0.39 is 0 Å². The number of hydrogen-bond donors (Lipinski definition) is 1. The Labute approximate surface area is 86.0 Å². The Hall–Kier alpha value is -1.12. The van der Waals surface area contributed by atoms with Gasteiger partial charge in [-0.1, -0.05) is 30.8 Å². The van der Waals surface area contributed by atoms with E-state index in [0.29, 0.717) is 6.54 Å². The first-order chi connectivity index (χ1) is 6.63. The van der Waals surface area contributed by atoms with Gasteiger partial charge in [0, 0.05) is 13.1 Å². The molecule has 0 aliphatic rings. The Morgan fingerprint density at radius 1 is 1.43 bits per heavy atom. The minimum atomic E-state index is 0.519. The fraction of sp³-hybridized carbons (Fsp3) is 0.333. The predicted octanol–water partition coefficient (Wildman–Crippen LogP) is 1.72. The highest BCUT2D eigenvalue weighted by Gasteiger charge is 1.99. The van der Waals surface area contributed by atoms with Crippen molar-refractivity contribution in [2.45, 2.75) is 6.54 Å². The Balaban J connectivity index is 2.84. The highest BCUT2D eigenvalue weighted by atomic mass is 15.0. The van der Waals surface area contributed by atoms with Gasteiger partial charge >= 0.3 is 0 Å². The van der Waals surface area contributed by atoms with Gasteiger partial charge in [-0.15, -0.1) is 0 Å². The van der Waals surface area contributed by atoms with Crippen LogP contribution in [0.15, 0.2) is 30.8 Å². The summed E-state index contributed by atoms with van der Waals surface area (Å²) in [6.45, 7) is 5.39. The second-order valence-corrected chi connectivity index (χ2v) is 3.75. The van der Waals surface area contributed by atoms with Crippen LogP contribution in [0.3, 0.4) is 0 Å². The number of rotatable bonds is 4. The van der Waals surface area contributed by atoms with Gasteiger partial charge in [-0.05, 0) is 30.8 Å². The smallest absolute Gasteiger partial charge is 0.0227 e. The Kier molecular flexibility index (Phi) is 3.86. The van der Waals surface area contributed by atoms with Crippen molar-refractivity contribution in [1.82, 2.24) is 4.90 Å². The van der Waals surface area contributed by atoms with Crippen molar-refractivity contribution in [3.8, 4) is 0 Å². The monoisotopic (exact) mass is 190 g/mol. The molecule has 1 aromatic rings. The molecular weight excluding hydrogens is 172 g/mol. The van der Waals surface area contributed by atoms with E-state index in [4.69, 9.17) is 5.73 Å². The molecule has 0 saturated carbocycles. The zero-order valence-corrected chi connectivity index (χ0v) is 8.96. The minimum absolute atomic E-state index is 0.519. The number of benzene rings is 1. The third kappa shape index (κ3) is 2.98. The summed E-state index contributed by atoms with van der Waals surface area (Å²) in [6.07, 6.45) is 0. The first-order valence-electron chi connectivity index (χ1n) is 4.75. The predicted molar refractivity (Wildman–Crippen MR) is 61.9 cm³/mol. The zero-order valence-electron chi connectivity index (χ0n) is 8.96. The third-order valence-corrected chi connectivity index (χ3v) is 2.08. The molecule has 0 aromatic heterocycles. The van der Waals surface area contributed by atoms with Crippen molar-refractivity contribution in [2.24, 2.45) is 5.73 Å². The summed E-state index contributed by atoms with van der Waals surface area (Å²) in [4.78, 5) is 2.14. The molecule has 0 unspecified atom stereocenters. The molecule has 0 radical (unpaired) electrons. The molecule has 2 N–H and O–H groups in total. The number of nitrogens with zero attached hydrogens (tertiary/aromatic N) is 1. The molecule has 2 heteroatoms. The molecule has 14 heavy (non-hydrogen) atoms. The van der Waals surface area contributed by atoms with Crippen LogP contribution in [-0.2, 0) is 6.54 Å². The fourth-order valence-electron chi connectivity index (χ4n) is 1.37. The summed E-state index contributed by atoms with van der Waals surface area (Å²) >= 11 is 0. The molecule has 0 bridgehead atoms. The van der Waals surface area contributed by atoms with Crippen LogP contribution in [0.1, 0.15) is 11.1 Å². The van der Waals surface area contributed by atoms with Crippen LogP contribution in [-0.4, -0.2) is 25.5 Å². The number of hydrogen-bond acceptors (Lipinski definition) is 2. The summed E-state index contributed by atoms with van der Waals surface area (Å²) in [5.74, 6) is 0. The van der Waals surface area contributed by atoms with Gasteiger partial charge in [0.1, 0.15) is 0 Å². The lowest BCUT2D eigenvalue weighted by atomic mass is 10.0. The van der Waals surface area contributed by atoms with Gasteiger partial charge in [0.15, 0.2) is 0 Å². The second kappa shape index (κ2) is 4.94. The SMILES string of the molecule is C=C(CN)c1cccc(CN(C)C)c1. The molecule has 1 aromatic carbocycles. The van der Waals surface area contributed by atoms with E-state index in [1.165, 1.54) is 5.56 Å². The summed E-state index contributed by atoms with van der Waals surface area (Å²) in [6, 6.07) is 8.37. The van der Waals surface area contributed by atoms with Gasteiger partial charge in [-0.3, -0.25) is 0 Å². The van der Waals surface area contributed by atoms with E-state index in [0.717, 1.165) is 17.7 Å². The Morgan fingerprint density at radius 3 is 2.71 bits per heavy atom. The van der Waals surface area contributed by atoms with Crippen LogP contribution in [0.2, 0.25) is 0 Å². The summed E-state index contributed by atoms with van der Waals surface area (Å²) in [5.41, 5.74) is 8.98. The average Bonchev–Trinajstić information content (AvgIpc) is 2.16. The molecule has 0 aliphatic heterocycles. The van der Waals surface area contributed by atoms with Crippen LogP contribution < -0.4 is 5.73 Å². The zero-order chi connectivity index (χ0) is 10.6. The van der Waals surface area contributed by atoms with Gasteiger partial charge in [-0.25, -0.2) is 0 Å². The van der Waals surface area contributed by atoms with Crippen LogP contribution in [0, 0.1) is 0 Å². The molecule has 0 saturated heterocycles. The minimum Gasteiger partial charge on any atom is -0.326 e. The topological polar surface area (TPSA) is 29.3 Å². The normalized spacial score (nSPS) is 10.6. The van der Waals surface area contributed by atoms with Crippen LogP contribution in [0.25, 0.3) is 5.57 Å². The lowest BCUT2D eigenvalue weighted by Gasteiger charge is -2.11. The Morgan fingerprint density at radius 2 is 2.14 bits per heavy atom. The quantitative estimate of drug-likeness (QED) is 0.783. The molecule has 0 atom stereocenters. The van der Waals surface area contributed by atoms with Crippen molar-refractivity contribution in [3.63, 3.8) is 0 Å². The third-order valence-electron chi connectivity index (χ3n) is 2.08. The standard InChI is InChI=1S/C12H18N2/c1-10(8-13)12-6-4-5-11(7-12)9-14(2)3/h4-7H,1,8-9,13H2,2-3H3. The van der Waals surface area contributed by atoms with Gasteiger partial charge in [-0.2, -0.15) is 0 Å². The molecule has 0 spiro atoms. The second-order valence-electron chi connectivity index (χ2n) is 3.75. The molecule has 0 fully saturated rings. The van der Waals surface area contributed by atoms with E-state index in [2.05, 4.69) is 43.8 Å². The largest absolute Gasteiger partial charge is 0.326 e. The molecule has 0 amide bonds. The maximum Gasteiger partial charge on any atom is 0.0227 e. The van der Waals surface area contributed by atoms with Gasteiger partial charge in [0.25, 0.3) is 0 Å². The van der Waals surface area contributed by atoms with E-state index >= 15 is 0 Å². The summed E-state index contributed by atoms with van der Waals surface area (Å²) in [5, 5.41) is 0. The van der Waals surface area contributed by atoms with Gasteiger partial charge in [0.05, 0.1) is 0 Å². The van der Waals surface area contributed by atoms with Gasteiger partial charge in [0.2, 0.25) is 0 Å². The molecule has 0 heterocycles. The van der Waals surface area contributed by atoms with E-state index in [-0.39, 0.29) is 0 Å². The molecular formula is C12H18N2. The molecule has 76 valence electrons. The lowest BCUT2D eigenvalue weighted by molar-refractivity contribution is 0.402. The number of nitrogens with two attached hydrogens (primary N) is 1. The maximum atomic E-state index is 5.55. The van der Waals surface area contributed by atoms with Crippen molar-refractivity contribution >= 4 is 5.57 Å². The van der Waals surface area contributed by atoms with E-state index in [9.17, 15) is 0 Å². The van der Waals surface area contributed by atoms with Crippen LogP contribution in [0.5, 0.6) is 0 Å².